The van der Waals surface area contributed by atoms with Gasteiger partial charge in [0.2, 0.25) is 0 Å². The third-order valence-electron chi connectivity index (χ3n) is 9.29. The number of carbonyl (C=O) groups is 1. The molecule has 3 aromatic carbocycles. The Morgan fingerprint density at radius 1 is 0.891 bits per heavy atom. The first kappa shape index (κ1) is 30.0. The van der Waals surface area contributed by atoms with Crippen LogP contribution in [-0.2, 0) is 14.8 Å². The fourth-order valence-corrected chi connectivity index (χ4v) is 8.41. The summed E-state index contributed by atoms with van der Waals surface area (Å²) in [5.41, 5.74) is 1.31. The maximum Gasteiger partial charge on any atom is 0.308 e. The number of fused-ring (bicyclic) bond motifs is 4. The van der Waals surface area contributed by atoms with Gasteiger partial charge in [0.25, 0.3) is 10.0 Å². The number of aromatic nitrogens is 3. The summed E-state index contributed by atoms with van der Waals surface area (Å²) in [6, 6.07) is 14.4. The largest absolute Gasteiger partial charge is 0.481 e. The summed E-state index contributed by atoms with van der Waals surface area (Å²) < 4.78 is 72.4. The highest BCUT2D eigenvalue weighted by atomic mass is 32.2. The Labute approximate surface area is 263 Å². The molecule has 0 radical (unpaired) electrons. The van der Waals surface area contributed by atoms with Crippen LogP contribution in [0.25, 0.3) is 33.5 Å². The highest BCUT2D eigenvalue weighted by molar-refractivity contribution is 7.90. The molecular formula is C34H29F3N4O4S. The molecule has 46 heavy (non-hydrogen) atoms. The van der Waals surface area contributed by atoms with Crippen LogP contribution in [0.3, 0.4) is 0 Å². The van der Waals surface area contributed by atoms with Gasteiger partial charge < -0.3 is 10.4 Å². The number of nitrogens with one attached hydrogen (secondary N) is 1. The van der Waals surface area contributed by atoms with Crippen LogP contribution in [0.2, 0.25) is 0 Å². The van der Waals surface area contributed by atoms with E-state index in [2.05, 4.69) is 15.3 Å². The zero-order valence-corrected chi connectivity index (χ0v) is 25.4. The van der Waals surface area contributed by atoms with Gasteiger partial charge in [0.1, 0.15) is 23.0 Å². The number of benzene rings is 3. The molecule has 2 N–H and O–H groups in total. The van der Waals surface area contributed by atoms with E-state index >= 15 is 4.39 Å². The molecule has 2 heterocycles. The van der Waals surface area contributed by atoms with Gasteiger partial charge >= 0.3 is 5.97 Å². The summed E-state index contributed by atoms with van der Waals surface area (Å²) in [5, 5.41) is 13.4. The molecule has 3 aliphatic rings. The normalized spacial score (nSPS) is 21.0. The van der Waals surface area contributed by atoms with Crippen molar-refractivity contribution in [3.05, 3.63) is 95.9 Å². The molecular weight excluding hydrogens is 617 g/mol. The van der Waals surface area contributed by atoms with Gasteiger partial charge in [-0.25, -0.2) is 35.5 Å². The molecule has 2 unspecified atom stereocenters. The molecule has 0 amide bonds. The van der Waals surface area contributed by atoms with E-state index in [1.165, 1.54) is 42.6 Å². The number of carboxylic acids is 1. The quantitative estimate of drug-likeness (QED) is 0.195. The predicted octanol–water partition coefficient (Wildman–Crippen LogP) is 7.03. The predicted molar refractivity (Wildman–Crippen MR) is 166 cm³/mol. The minimum absolute atomic E-state index is 0.0220. The third-order valence-corrected chi connectivity index (χ3v) is 11.0. The number of rotatable bonds is 7. The van der Waals surface area contributed by atoms with Crippen molar-refractivity contribution in [1.29, 1.82) is 0 Å². The molecule has 8 rings (SSSR count). The number of aryl methyl sites for hydroxylation is 1. The van der Waals surface area contributed by atoms with Gasteiger partial charge in [-0.05, 0) is 86.9 Å². The summed E-state index contributed by atoms with van der Waals surface area (Å²) in [6.07, 6.45) is 4.58. The topological polar surface area (TPSA) is 114 Å². The second-order valence-corrected chi connectivity index (χ2v) is 13.9. The minimum atomic E-state index is -4.35. The van der Waals surface area contributed by atoms with E-state index in [4.69, 9.17) is 0 Å². The molecule has 8 nitrogen and oxygen atoms in total. The lowest BCUT2D eigenvalue weighted by atomic mass is 9.61. The van der Waals surface area contributed by atoms with Crippen LogP contribution in [0, 0.1) is 42.1 Å². The summed E-state index contributed by atoms with van der Waals surface area (Å²) >= 11 is 0. The fourth-order valence-electron chi connectivity index (χ4n) is 7.03. The SMILES string of the molecule is Cc1ccc(S(=O)(=O)n2cc(-c3nc(NC4C5CCC(CC5)C4C(=O)O)cc(-c4ccc(F)cc4)n3)c3cc(F)cc(F)c32)cc1. The fraction of sp³-hybridized carbons (Fsp3) is 0.265. The maximum absolute atomic E-state index is 15.5. The molecule has 2 bridgehead atoms. The average molecular weight is 647 g/mol. The monoisotopic (exact) mass is 646 g/mol. The van der Waals surface area contributed by atoms with Crippen molar-refractivity contribution >= 4 is 32.7 Å². The van der Waals surface area contributed by atoms with Crippen LogP contribution < -0.4 is 5.32 Å². The Morgan fingerprint density at radius 3 is 2.24 bits per heavy atom. The lowest BCUT2D eigenvalue weighted by Gasteiger charge is -2.47. The van der Waals surface area contributed by atoms with Crippen molar-refractivity contribution in [2.75, 3.05) is 5.32 Å². The number of nitrogens with zero attached hydrogens (tertiary/aromatic N) is 3. The van der Waals surface area contributed by atoms with E-state index in [0.717, 1.165) is 41.3 Å². The smallest absolute Gasteiger partial charge is 0.308 e. The lowest BCUT2D eigenvalue weighted by molar-refractivity contribution is -0.148. The van der Waals surface area contributed by atoms with E-state index in [1.807, 2.05) is 0 Å². The van der Waals surface area contributed by atoms with Crippen molar-refractivity contribution in [3.8, 4) is 22.6 Å². The van der Waals surface area contributed by atoms with Crippen molar-refractivity contribution in [1.82, 2.24) is 13.9 Å². The molecule has 2 atom stereocenters. The summed E-state index contributed by atoms with van der Waals surface area (Å²) in [7, 11) is -4.35. The van der Waals surface area contributed by atoms with Crippen molar-refractivity contribution in [2.24, 2.45) is 17.8 Å². The van der Waals surface area contributed by atoms with Crippen LogP contribution in [0.4, 0.5) is 19.0 Å². The van der Waals surface area contributed by atoms with Crippen molar-refractivity contribution in [3.63, 3.8) is 0 Å². The second kappa shape index (κ2) is 11.3. The molecule has 3 saturated carbocycles. The van der Waals surface area contributed by atoms with Gasteiger partial charge in [-0.2, -0.15) is 0 Å². The number of hydrogen-bond acceptors (Lipinski definition) is 6. The maximum atomic E-state index is 15.5. The first-order chi connectivity index (χ1) is 22.0. The molecule has 3 aliphatic carbocycles. The third kappa shape index (κ3) is 5.20. The van der Waals surface area contributed by atoms with E-state index in [1.54, 1.807) is 25.1 Å². The van der Waals surface area contributed by atoms with Gasteiger partial charge in [-0.3, -0.25) is 4.79 Å². The number of hydrogen-bond donors (Lipinski definition) is 2. The van der Waals surface area contributed by atoms with E-state index < -0.39 is 45.4 Å². The summed E-state index contributed by atoms with van der Waals surface area (Å²) in [5.74, 6) is -3.68. The van der Waals surface area contributed by atoms with Gasteiger partial charge in [-0.15, -0.1) is 0 Å². The molecule has 236 valence electrons. The molecule has 2 aromatic heterocycles. The number of carboxylic acid groups (broad SMARTS) is 1. The Balaban J connectivity index is 1.42. The van der Waals surface area contributed by atoms with Crippen LogP contribution in [0.15, 0.2) is 77.8 Å². The molecule has 0 saturated heterocycles. The van der Waals surface area contributed by atoms with E-state index in [0.29, 0.717) is 17.3 Å². The molecule has 5 aromatic rings. The Bertz CT molecular complexity index is 2090. The second-order valence-electron chi connectivity index (χ2n) is 12.1. The zero-order chi connectivity index (χ0) is 32.3. The number of anilines is 1. The molecule has 0 aliphatic heterocycles. The number of aliphatic carboxylic acids is 1. The first-order valence-corrected chi connectivity index (χ1v) is 16.4. The lowest BCUT2D eigenvalue weighted by Crippen LogP contribution is -2.51. The van der Waals surface area contributed by atoms with Gasteiger partial charge in [0.05, 0.1) is 16.5 Å². The average Bonchev–Trinajstić information content (AvgIpc) is 3.43. The molecule has 12 heteroatoms. The van der Waals surface area contributed by atoms with Crippen LogP contribution >= 0.6 is 0 Å². The standard InChI is InChI=1S/C34H29F3N4O4S/c1-18-2-12-24(13-3-18)46(44,45)41-17-26(25-14-23(36)15-27(37)32(25)41)33-38-28(19-8-10-22(35)11-9-19)16-29(40-33)39-31-21-6-4-20(5-7-21)30(31)34(42)43/h2-3,8-17,20-21,30-31H,4-7H2,1H3,(H,42,43)(H,38,39,40). The highest BCUT2D eigenvalue weighted by Gasteiger charge is 2.47. The zero-order valence-electron chi connectivity index (χ0n) is 24.6. The Morgan fingerprint density at radius 2 is 1.57 bits per heavy atom. The molecule has 0 spiro atoms. The first-order valence-electron chi connectivity index (χ1n) is 15.0. The Hall–Kier alpha value is -4.71. The summed E-state index contributed by atoms with van der Waals surface area (Å²) in [6.45, 7) is 1.80. The van der Waals surface area contributed by atoms with Crippen LogP contribution in [-0.4, -0.2) is 39.5 Å². The summed E-state index contributed by atoms with van der Waals surface area (Å²) in [4.78, 5) is 21.6. The number of halogens is 3. The molecule has 3 fully saturated rings. The minimum Gasteiger partial charge on any atom is -0.481 e. The van der Waals surface area contributed by atoms with Gasteiger partial charge in [0.15, 0.2) is 11.6 Å². The van der Waals surface area contributed by atoms with Crippen molar-refractivity contribution in [2.45, 2.75) is 43.5 Å². The Kier molecular flexibility index (Phi) is 7.34. The van der Waals surface area contributed by atoms with Crippen LogP contribution in [0.5, 0.6) is 0 Å². The van der Waals surface area contributed by atoms with Gasteiger partial charge in [0, 0.05) is 40.9 Å². The van der Waals surface area contributed by atoms with Crippen LogP contribution in [0.1, 0.15) is 31.2 Å². The van der Waals surface area contributed by atoms with Gasteiger partial charge in [-0.1, -0.05) is 17.7 Å². The van der Waals surface area contributed by atoms with E-state index in [-0.39, 0.29) is 44.8 Å². The van der Waals surface area contributed by atoms with E-state index in [9.17, 15) is 27.1 Å². The van der Waals surface area contributed by atoms with Crippen molar-refractivity contribution < 1.29 is 31.5 Å². The highest BCUT2D eigenvalue weighted by Crippen LogP contribution is 2.46.